The lowest BCUT2D eigenvalue weighted by Gasteiger charge is -2.26. The van der Waals surface area contributed by atoms with E-state index in [0.29, 0.717) is 30.4 Å². The largest absolute Gasteiger partial charge is 0.481 e. The molecule has 3 aromatic rings. The van der Waals surface area contributed by atoms with E-state index >= 15 is 0 Å². The van der Waals surface area contributed by atoms with E-state index in [2.05, 4.69) is 4.90 Å². The summed E-state index contributed by atoms with van der Waals surface area (Å²) in [4.78, 5) is 17.1. The Morgan fingerprint density at radius 3 is 2.52 bits per heavy atom. The summed E-state index contributed by atoms with van der Waals surface area (Å²) in [5, 5.41) is 0. The van der Waals surface area contributed by atoms with Gasteiger partial charge in [-0.2, -0.15) is 0 Å². The minimum Gasteiger partial charge on any atom is -0.481 e. The van der Waals surface area contributed by atoms with Crippen molar-refractivity contribution in [3.8, 4) is 5.75 Å². The number of halogens is 1. The Morgan fingerprint density at radius 1 is 1.06 bits per heavy atom. The standard InChI is InChI=1S/C24H27FN2O4/c1-18(30-20-9-7-19(25)8-10-20)24(28)27(16-21-6-5-15-29-21)17-22-11-12-23(31-22)26-13-3-2-4-14-26/h5-12,15,18H,2-4,13-14,16-17H2,1H3. The lowest BCUT2D eigenvalue weighted by Crippen LogP contribution is -2.39. The molecule has 4 rings (SSSR count). The summed E-state index contributed by atoms with van der Waals surface area (Å²) in [7, 11) is 0. The first-order valence-electron chi connectivity index (χ1n) is 10.7. The summed E-state index contributed by atoms with van der Waals surface area (Å²) in [5.41, 5.74) is 0. The molecule has 7 heteroatoms. The molecule has 0 bridgehead atoms. The highest BCUT2D eigenvalue weighted by molar-refractivity contribution is 5.80. The van der Waals surface area contributed by atoms with Crippen LogP contribution in [0.5, 0.6) is 5.75 Å². The molecule has 0 spiro atoms. The number of furan rings is 2. The number of hydrogen-bond donors (Lipinski definition) is 0. The summed E-state index contributed by atoms with van der Waals surface area (Å²) in [6, 6.07) is 13.1. The first kappa shape index (κ1) is 21.0. The van der Waals surface area contributed by atoms with Crippen molar-refractivity contribution in [1.82, 2.24) is 4.90 Å². The fraction of sp³-hybridized carbons (Fsp3) is 0.375. The molecule has 3 heterocycles. The molecule has 1 saturated heterocycles. The predicted molar refractivity (Wildman–Crippen MR) is 114 cm³/mol. The van der Waals surface area contributed by atoms with Crippen LogP contribution in [0.15, 0.2) is 63.6 Å². The fourth-order valence-corrected chi connectivity index (χ4v) is 3.75. The first-order chi connectivity index (χ1) is 15.1. The van der Waals surface area contributed by atoms with E-state index in [1.54, 1.807) is 24.2 Å². The number of anilines is 1. The highest BCUT2D eigenvalue weighted by atomic mass is 19.1. The Hall–Kier alpha value is -3.22. The van der Waals surface area contributed by atoms with Crippen LogP contribution in [0.2, 0.25) is 0 Å². The smallest absolute Gasteiger partial charge is 0.264 e. The number of nitrogens with zero attached hydrogens (tertiary/aromatic N) is 2. The molecule has 0 saturated carbocycles. The van der Waals surface area contributed by atoms with Crippen molar-refractivity contribution in [2.75, 3.05) is 18.0 Å². The zero-order chi connectivity index (χ0) is 21.6. The molecule has 6 nitrogen and oxygen atoms in total. The summed E-state index contributed by atoms with van der Waals surface area (Å²) >= 11 is 0. The van der Waals surface area contributed by atoms with Crippen molar-refractivity contribution >= 4 is 11.8 Å². The summed E-state index contributed by atoms with van der Waals surface area (Å²) in [5.74, 6) is 2.09. The maximum Gasteiger partial charge on any atom is 0.264 e. The number of hydrogen-bond acceptors (Lipinski definition) is 5. The normalized spacial score (nSPS) is 15.0. The number of ether oxygens (including phenoxy) is 1. The van der Waals surface area contributed by atoms with E-state index in [4.69, 9.17) is 13.6 Å². The van der Waals surface area contributed by atoms with Crippen LogP contribution in [0.25, 0.3) is 0 Å². The van der Waals surface area contributed by atoms with Crippen LogP contribution in [0.1, 0.15) is 37.7 Å². The number of carbonyl (C=O) groups is 1. The Bertz CT molecular complexity index is 962. The van der Waals surface area contributed by atoms with Crippen molar-refractivity contribution < 1.29 is 22.8 Å². The summed E-state index contributed by atoms with van der Waals surface area (Å²) in [6.07, 6.45) is 4.41. The third-order valence-electron chi connectivity index (χ3n) is 5.37. The lowest BCUT2D eigenvalue weighted by molar-refractivity contribution is -0.139. The number of rotatable bonds is 8. The van der Waals surface area contributed by atoms with Gasteiger partial charge in [-0.3, -0.25) is 4.79 Å². The molecule has 1 aliphatic heterocycles. The summed E-state index contributed by atoms with van der Waals surface area (Å²) < 4.78 is 30.4. The molecule has 31 heavy (non-hydrogen) atoms. The van der Waals surface area contributed by atoms with E-state index in [1.807, 2.05) is 18.2 Å². The third-order valence-corrected chi connectivity index (χ3v) is 5.37. The number of amides is 1. The van der Waals surface area contributed by atoms with Crippen molar-refractivity contribution in [1.29, 1.82) is 0 Å². The Kier molecular flexibility index (Phi) is 6.60. The average Bonchev–Trinajstić information content (AvgIpc) is 3.47. The Balaban J connectivity index is 1.46. The van der Waals surface area contributed by atoms with Gasteiger partial charge in [0.05, 0.1) is 19.4 Å². The molecule has 1 amide bonds. The second-order valence-electron chi connectivity index (χ2n) is 7.78. The van der Waals surface area contributed by atoms with Crippen molar-refractivity contribution in [2.24, 2.45) is 0 Å². The van der Waals surface area contributed by atoms with Gasteiger partial charge in [0.25, 0.3) is 5.91 Å². The molecule has 0 N–H and O–H groups in total. The minimum atomic E-state index is -0.753. The first-order valence-corrected chi connectivity index (χ1v) is 10.7. The molecule has 1 aliphatic rings. The van der Waals surface area contributed by atoms with Crippen molar-refractivity contribution in [2.45, 2.75) is 45.4 Å². The van der Waals surface area contributed by atoms with Crippen molar-refractivity contribution in [3.05, 3.63) is 72.1 Å². The van der Waals surface area contributed by atoms with Gasteiger partial charge in [-0.1, -0.05) is 0 Å². The van der Waals surface area contributed by atoms with E-state index < -0.39 is 6.10 Å². The number of carbonyl (C=O) groups excluding carboxylic acids is 1. The Morgan fingerprint density at radius 2 is 1.81 bits per heavy atom. The fourth-order valence-electron chi connectivity index (χ4n) is 3.75. The van der Waals surface area contributed by atoms with Crippen LogP contribution in [-0.2, 0) is 17.9 Å². The van der Waals surface area contributed by atoms with Gasteiger partial charge in [-0.15, -0.1) is 0 Å². The molecular formula is C24H27FN2O4. The van der Waals surface area contributed by atoms with Gasteiger partial charge in [0, 0.05) is 19.2 Å². The second kappa shape index (κ2) is 9.73. The van der Waals surface area contributed by atoms with Gasteiger partial charge in [0.15, 0.2) is 12.0 Å². The topological polar surface area (TPSA) is 59.1 Å². The van der Waals surface area contributed by atoms with Gasteiger partial charge >= 0.3 is 0 Å². The van der Waals surface area contributed by atoms with E-state index in [9.17, 15) is 9.18 Å². The van der Waals surface area contributed by atoms with E-state index in [1.165, 1.54) is 30.7 Å². The zero-order valence-corrected chi connectivity index (χ0v) is 17.6. The van der Waals surface area contributed by atoms with Crippen LogP contribution in [0.3, 0.4) is 0 Å². The molecule has 1 unspecified atom stereocenters. The third kappa shape index (κ3) is 5.48. The van der Waals surface area contributed by atoms with Crippen LogP contribution in [0, 0.1) is 5.82 Å². The molecule has 1 fully saturated rings. The number of piperidine rings is 1. The van der Waals surface area contributed by atoms with Crippen LogP contribution in [-0.4, -0.2) is 30.0 Å². The monoisotopic (exact) mass is 426 g/mol. The maximum atomic E-state index is 13.2. The molecule has 164 valence electrons. The second-order valence-corrected chi connectivity index (χ2v) is 7.78. The molecule has 1 aromatic carbocycles. The summed E-state index contributed by atoms with van der Waals surface area (Å²) in [6.45, 7) is 4.25. The quantitative estimate of drug-likeness (QED) is 0.507. The van der Waals surface area contributed by atoms with Gasteiger partial charge in [0.1, 0.15) is 23.1 Å². The van der Waals surface area contributed by atoms with Crippen LogP contribution < -0.4 is 9.64 Å². The Labute approximate surface area is 181 Å². The van der Waals surface area contributed by atoms with Gasteiger partial charge in [0.2, 0.25) is 0 Å². The molecule has 1 atom stereocenters. The molecule has 0 radical (unpaired) electrons. The van der Waals surface area contributed by atoms with Crippen molar-refractivity contribution in [3.63, 3.8) is 0 Å². The highest BCUT2D eigenvalue weighted by Crippen LogP contribution is 2.24. The average molecular weight is 426 g/mol. The zero-order valence-electron chi connectivity index (χ0n) is 17.6. The van der Waals surface area contributed by atoms with Crippen LogP contribution >= 0.6 is 0 Å². The molecular weight excluding hydrogens is 399 g/mol. The van der Waals surface area contributed by atoms with Gasteiger partial charge in [-0.05, 0) is 68.7 Å². The highest BCUT2D eigenvalue weighted by Gasteiger charge is 2.25. The number of benzene rings is 1. The van der Waals surface area contributed by atoms with Gasteiger partial charge < -0.3 is 23.4 Å². The molecule has 0 aliphatic carbocycles. The van der Waals surface area contributed by atoms with Gasteiger partial charge in [-0.25, -0.2) is 4.39 Å². The predicted octanol–water partition coefficient (Wildman–Crippen LogP) is 5.00. The minimum absolute atomic E-state index is 0.211. The maximum absolute atomic E-state index is 13.2. The van der Waals surface area contributed by atoms with E-state index in [0.717, 1.165) is 31.8 Å². The SMILES string of the molecule is CC(Oc1ccc(F)cc1)C(=O)N(Cc1ccco1)Cc1ccc(N2CCCCC2)o1. The van der Waals surface area contributed by atoms with Crippen LogP contribution in [0.4, 0.5) is 10.3 Å². The molecule has 2 aromatic heterocycles. The lowest BCUT2D eigenvalue weighted by atomic mass is 10.1. The van der Waals surface area contributed by atoms with E-state index in [-0.39, 0.29) is 11.7 Å².